The highest BCUT2D eigenvalue weighted by Gasteiger charge is 2.10. The van der Waals surface area contributed by atoms with Gasteiger partial charge in [-0.1, -0.05) is 17.7 Å². The van der Waals surface area contributed by atoms with Crippen LogP contribution in [0.4, 0.5) is 0 Å². The van der Waals surface area contributed by atoms with Crippen LogP contribution in [0.25, 0.3) is 21.9 Å². The lowest BCUT2D eigenvalue weighted by Gasteiger charge is -2.00. The van der Waals surface area contributed by atoms with Gasteiger partial charge in [-0.05, 0) is 50.1 Å². The predicted molar refractivity (Wildman–Crippen MR) is 67.9 cm³/mol. The van der Waals surface area contributed by atoms with E-state index >= 15 is 0 Å². The maximum Gasteiger partial charge on any atom is 0.135 e. The van der Waals surface area contributed by atoms with Gasteiger partial charge in [0.25, 0.3) is 0 Å². The molecule has 1 heteroatoms. The zero-order valence-electron chi connectivity index (χ0n) is 9.79. The molecule has 0 saturated heterocycles. The van der Waals surface area contributed by atoms with E-state index in [1.165, 1.54) is 27.5 Å². The van der Waals surface area contributed by atoms with E-state index in [2.05, 4.69) is 51.1 Å². The van der Waals surface area contributed by atoms with Crippen molar-refractivity contribution in [1.82, 2.24) is 0 Å². The minimum atomic E-state index is 0.981. The van der Waals surface area contributed by atoms with Crippen molar-refractivity contribution in [3.05, 3.63) is 47.0 Å². The number of rotatable bonds is 0. The zero-order valence-corrected chi connectivity index (χ0v) is 9.79. The third-order valence-electron chi connectivity index (χ3n) is 3.32. The van der Waals surface area contributed by atoms with Crippen LogP contribution in [0.3, 0.4) is 0 Å². The molecule has 1 nitrogen and oxygen atoms in total. The number of fused-ring (bicyclic) bond motifs is 3. The monoisotopic (exact) mass is 210 g/mol. The maximum absolute atomic E-state index is 5.84. The van der Waals surface area contributed by atoms with Crippen LogP contribution in [0.15, 0.2) is 34.7 Å². The van der Waals surface area contributed by atoms with Gasteiger partial charge in [0.2, 0.25) is 0 Å². The fourth-order valence-corrected chi connectivity index (χ4v) is 2.26. The first-order valence-electron chi connectivity index (χ1n) is 5.56. The van der Waals surface area contributed by atoms with Crippen molar-refractivity contribution in [3.63, 3.8) is 0 Å². The van der Waals surface area contributed by atoms with Gasteiger partial charge < -0.3 is 4.42 Å². The van der Waals surface area contributed by atoms with E-state index in [1.54, 1.807) is 0 Å². The topological polar surface area (TPSA) is 13.1 Å². The van der Waals surface area contributed by atoms with Crippen molar-refractivity contribution in [3.8, 4) is 0 Å². The molecule has 0 aliphatic heterocycles. The number of hydrogen-bond acceptors (Lipinski definition) is 1. The molecule has 0 aliphatic rings. The van der Waals surface area contributed by atoms with Crippen LogP contribution in [-0.2, 0) is 0 Å². The van der Waals surface area contributed by atoms with Crippen LogP contribution in [0, 0.1) is 20.8 Å². The normalized spacial score (nSPS) is 11.4. The third kappa shape index (κ3) is 1.18. The van der Waals surface area contributed by atoms with Crippen LogP contribution in [0.2, 0.25) is 0 Å². The summed E-state index contributed by atoms with van der Waals surface area (Å²) < 4.78 is 5.84. The van der Waals surface area contributed by atoms with Crippen LogP contribution >= 0.6 is 0 Å². The molecule has 80 valence electrons. The van der Waals surface area contributed by atoms with E-state index < -0.39 is 0 Å². The molecule has 0 spiro atoms. The second-order valence-electron chi connectivity index (χ2n) is 4.48. The Morgan fingerprint density at radius 2 is 1.62 bits per heavy atom. The molecule has 1 aromatic heterocycles. The van der Waals surface area contributed by atoms with Gasteiger partial charge in [-0.2, -0.15) is 0 Å². The first kappa shape index (κ1) is 9.46. The standard InChI is InChI=1S/C15H14O/c1-9-4-6-13-12(8-9)15-11(3)10(2)5-7-14(15)16-13/h4-8H,1-3H3. The number of aryl methyl sites for hydroxylation is 3. The number of furan rings is 1. The van der Waals surface area contributed by atoms with Gasteiger partial charge in [0.1, 0.15) is 11.2 Å². The van der Waals surface area contributed by atoms with Gasteiger partial charge in [0, 0.05) is 10.8 Å². The Kier molecular flexibility index (Phi) is 1.84. The molecule has 2 aromatic carbocycles. The Morgan fingerprint density at radius 3 is 2.44 bits per heavy atom. The van der Waals surface area contributed by atoms with E-state index in [0.717, 1.165) is 11.2 Å². The lowest BCUT2D eigenvalue weighted by atomic mass is 10.0. The van der Waals surface area contributed by atoms with Crippen molar-refractivity contribution < 1.29 is 4.42 Å². The first-order valence-corrected chi connectivity index (χ1v) is 5.56. The Balaban J connectivity index is 2.60. The highest BCUT2D eigenvalue weighted by atomic mass is 16.3. The van der Waals surface area contributed by atoms with Crippen LogP contribution in [-0.4, -0.2) is 0 Å². The first-order chi connectivity index (χ1) is 7.66. The average Bonchev–Trinajstić information content (AvgIpc) is 2.62. The highest BCUT2D eigenvalue weighted by Crippen LogP contribution is 2.32. The molecule has 0 atom stereocenters. The second kappa shape index (κ2) is 3.11. The Bertz CT molecular complexity index is 689. The van der Waals surface area contributed by atoms with Crippen LogP contribution in [0.5, 0.6) is 0 Å². The fourth-order valence-electron chi connectivity index (χ4n) is 2.26. The van der Waals surface area contributed by atoms with Crippen molar-refractivity contribution >= 4 is 21.9 Å². The van der Waals surface area contributed by atoms with Gasteiger partial charge in [-0.25, -0.2) is 0 Å². The summed E-state index contributed by atoms with van der Waals surface area (Å²) in [5.74, 6) is 0. The average molecular weight is 210 g/mol. The van der Waals surface area contributed by atoms with E-state index in [0.29, 0.717) is 0 Å². The third-order valence-corrected chi connectivity index (χ3v) is 3.32. The quantitative estimate of drug-likeness (QED) is 0.532. The molecule has 16 heavy (non-hydrogen) atoms. The van der Waals surface area contributed by atoms with E-state index in [1.807, 2.05) is 0 Å². The molecule has 0 N–H and O–H groups in total. The maximum atomic E-state index is 5.84. The van der Waals surface area contributed by atoms with Crippen molar-refractivity contribution in [2.24, 2.45) is 0 Å². The largest absolute Gasteiger partial charge is 0.456 e. The summed E-state index contributed by atoms with van der Waals surface area (Å²) in [5.41, 5.74) is 5.88. The Morgan fingerprint density at radius 1 is 0.875 bits per heavy atom. The summed E-state index contributed by atoms with van der Waals surface area (Å²) in [6.45, 7) is 6.42. The highest BCUT2D eigenvalue weighted by molar-refractivity contribution is 6.07. The predicted octanol–water partition coefficient (Wildman–Crippen LogP) is 4.51. The Labute approximate surface area is 94.7 Å². The summed E-state index contributed by atoms with van der Waals surface area (Å²) in [7, 11) is 0. The van der Waals surface area contributed by atoms with E-state index in [9.17, 15) is 0 Å². The summed E-state index contributed by atoms with van der Waals surface area (Å²) >= 11 is 0. The molecule has 0 amide bonds. The molecule has 0 radical (unpaired) electrons. The SMILES string of the molecule is Cc1ccc2oc3ccc(C)c(C)c3c2c1. The molecule has 1 heterocycles. The molecule has 0 aliphatic carbocycles. The lowest BCUT2D eigenvalue weighted by molar-refractivity contribution is 0.668. The minimum absolute atomic E-state index is 0.981. The van der Waals surface area contributed by atoms with E-state index in [4.69, 9.17) is 4.42 Å². The van der Waals surface area contributed by atoms with Gasteiger partial charge >= 0.3 is 0 Å². The van der Waals surface area contributed by atoms with Crippen LogP contribution in [0.1, 0.15) is 16.7 Å². The van der Waals surface area contributed by atoms with Gasteiger partial charge in [0.05, 0.1) is 0 Å². The summed E-state index contributed by atoms with van der Waals surface area (Å²) in [5, 5.41) is 2.50. The van der Waals surface area contributed by atoms with Gasteiger partial charge in [-0.3, -0.25) is 0 Å². The molecule has 0 fully saturated rings. The lowest BCUT2D eigenvalue weighted by Crippen LogP contribution is -1.80. The molecule has 0 bridgehead atoms. The molecule has 3 aromatic rings. The molecule has 3 rings (SSSR count). The molecule has 0 unspecified atom stereocenters. The van der Waals surface area contributed by atoms with Gasteiger partial charge in [-0.15, -0.1) is 0 Å². The molecular weight excluding hydrogens is 196 g/mol. The van der Waals surface area contributed by atoms with Crippen molar-refractivity contribution in [2.45, 2.75) is 20.8 Å². The van der Waals surface area contributed by atoms with Crippen molar-refractivity contribution in [2.75, 3.05) is 0 Å². The van der Waals surface area contributed by atoms with E-state index in [-0.39, 0.29) is 0 Å². The fraction of sp³-hybridized carbons (Fsp3) is 0.200. The second-order valence-corrected chi connectivity index (χ2v) is 4.48. The summed E-state index contributed by atoms with van der Waals surface area (Å²) in [4.78, 5) is 0. The van der Waals surface area contributed by atoms with Crippen molar-refractivity contribution in [1.29, 1.82) is 0 Å². The zero-order chi connectivity index (χ0) is 11.3. The van der Waals surface area contributed by atoms with Crippen LogP contribution < -0.4 is 0 Å². The number of benzene rings is 2. The smallest absolute Gasteiger partial charge is 0.135 e. The molecular formula is C15H14O. The Hall–Kier alpha value is -1.76. The minimum Gasteiger partial charge on any atom is -0.456 e. The van der Waals surface area contributed by atoms with Gasteiger partial charge in [0.15, 0.2) is 0 Å². The molecule has 0 saturated carbocycles. The summed E-state index contributed by atoms with van der Waals surface area (Å²) in [6.07, 6.45) is 0. The summed E-state index contributed by atoms with van der Waals surface area (Å²) in [6, 6.07) is 10.5. The number of hydrogen-bond donors (Lipinski definition) is 0.